The Kier molecular flexibility index (Phi) is 6.37. The Labute approximate surface area is 192 Å². The van der Waals surface area contributed by atoms with E-state index in [4.69, 9.17) is 11.6 Å². The molecule has 2 aromatic rings. The Morgan fingerprint density at radius 3 is 2.66 bits per heavy atom. The highest BCUT2D eigenvalue weighted by Crippen LogP contribution is 2.40. The number of anilines is 2. The average molecular weight is 455 g/mol. The highest BCUT2D eigenvalue weighted by Gasteiger charge is 2.40. The molecule has 1 atom stereocenters. The van der Waals surface area contributed by atoms with Gasteiger partial charge in [-0.1, -0.05) is 29.8 Å². The number of rotatable bonds is 5. The minimum Gasteiger partial charge on any atom is -0.358 e. The molecule has 168 valence electrons. The molecule has 0 spiro atoms. The maximum atomic E-state index is 13.4. The number of benzene rings is 2. The van der Waals surface area contributed by atoms with E-state index in [1.807, 2.05) is 24.3 Å². The van der Waals surface area contributed by atoms with Crippen molar-refractivity contribution in [3.8, 4) is 0 Å². The van der Waals surface area contributed by atoms with Gasteiger partial charge in [-0.2, -0.15) is 0 Å². The van der Waals surface area contributed by atoms with E-state index in [0.717, 1.165) is 37.1 Å². The van der Waals surface area contributed by atoms with E-state index >= 15 is 0 Å². The second-order valence-corrected chi connectivity index (χ2v) is 8.81. The molecule has 1 N–H and O–H groups in total. The third-order valence-corrected chi connectivity index (χ3v) is 6.39. The van der Waals surface area contributed by atoms with Gasteiger partial charge in [0.05, 0.1) is 11.4 Å². The van der Waals surface area contributed by atoms with Gasteiger partial charge in [0.2, 0.25) is 11.8 Å². The Morgan fingerprint density at radius 2 is 1.91 bits per heavy atom. The Bertz CT molecular complexity index is 1060. The third kappa shape index (κ3) is 4.30. The van der Waals surface area contributed by atoms with Gasteiger partial charge in [-0.05, 0) is 49.1 Å². The van der Waals surface area contributed by atoms with E-state index in [1.54, 1.807) is 32.3 Å². The normalized spacial score (nSPS) is 17.5. The number of carbonyl (C=O) groups is 3. The summed E-state index contributed by atoms with van der Waals surface area (Å²) in [5.41, 5.74) is 2.79. The van der Waals surface area contributed by atoms with Crippen LogP contribution in [0.4, 0.5) is 11.4 Å². The first kappa shape index (κ1) is 22.1. The van der Waals surface area contributed by atoms with E-state index in [-0.39, 0.29) is 36.9 Å². The summed E-state index contributed by atoms with van der Waals surface area (Å²) in [5, 5.41) is 3.44. The van der Waals surface area contributed by atoms with E-state index in [2.05, 4.69) is 10.2 Å². The SMILES string of the molecule is CN(C)C(=O)c1ccc2c(c1)N(CC(=O)NCc1ccccc1Cl)C(=O)C1CCCCN21. The monoisotopic (exact) mass is 454 g/mol. The van der Waals surface area contributed by atoms with Crippen LogP contribution in [0.5, 0.6) is 0 Å². The van der Waals surface area contributed by atoms with Crippen molar-refractivity contribution >= 4 is 40.7 Å². The van der Waals surface area contributed by atoms with Crippen molar-refractivity contribution < 1.29 is 14.4 Å². The first-order valence-corrected chi connectivity index (χ1v) is 11.2. The summed E-state index contributed by atoms with van der Waals surface area (Å²) in [5.74, 6) is -0.526. The summed E-state index contributed by atoms with van der Waals surface area (Å²) in [7, 11) is 3.38. The number of nitrogens with one attached hydrogen (secondary N) is 1. The van der Waals surface area contributed by atoms with Crippen molar-refractivity contribution in [2.75, 3.05) is 37.0 Å². The van der Waals surface area contributed by atoms with Crippen LogP contribution in [-0.2, 0) is 16.1 Å². The van der Waals surface area contributed by atoms with Crippen LogP contribution in [0.3, 0.4) is 0 Å². The summed E-state index contributed by atoms with van der Waals surface area (Å²) in [4.78, 5) is 43.9. The predicted octanol–water partition coefficient (Wildman–Crippen LogP) is 3.06. The predicted molar refractivity (Wildman–Crippen MR) is 125 cm³/mol. The van der Waals surface area contributed by atoms with Crippen LogP contribution in [-0.4, -0.2) is 55.8 Å². The fourth-order valence-electron chi connectivity index (χ4n) is 4.35. The highest BCUT2D eigenvalue weighted by molar-refractivity contribution is 6.31. The second-order valence-electron chi connectivity index (χ2n) is 8.40. The molecule has 32 heavy (non-hydrogen) atoms. The molecule has 2 aliphatic heterocycles. The topological polar surface area (TPSA) is 73.0 Å². The first-order chi connectivity index (χ1) is 15.4. The maximum absolute atomic E-state index is 13.4. The van der Waals surface area contributed by atoms with Gasteiger partial charge in [0, 0.05) is 37.8 Å². The van der Waals surface area contributed by atoms with Crippen LogP contribution in [0.1, 0.15) is 35.2 Å². The zero-order chi connectivity index (χ0) is 22.8. The van der Waals surface area contributed by atoms with Crippen LogP contribution < -0.4 is 15.1 Å². The number of nitrogens with zero attached hydrogens (tertiary/aromatic N) is 3. The lowest BCUT2D eigenvalue weighted by molar-refractivity contribution is -0.125. The number of carbonyl (C=O) groups excluding carboxylic acids is 3. The average Bonchev–Trinajstić information content (AvgIpc) is 2.80. The molecule has 0 saturated carbocycles. The summed E-state index contributed by atoms with van der Waals surface area (Å²) >= 11 is 6.18. The minimum absolute atomic E-state index is 0.0976. The second kappa shape index (κ2) is 9.20. The number of amides is 3. The molecular formula is C24H27ClN4O3. The van der Waals surface area contributed by atoms with Crippen molar-refractivity contribution in [3.05, 3.63) is 58.6 Å². The Balaban J connectivity index is 1.61. The molecule has 1 fully saturated rings. The van der Waals surface area contributed by atoms with Gasteiger partial charge in [0.15, 0.2) is 0 Å². The van der Waals surface area contributed by atoms with Crippen LogP contribution in [0, 0.1) is 0 Å². The molecule has 7 nitrogen and oxygen atoms in total. The first-order valence-electron chi connectivity index (χ1n) is 10.8. The largest absolute Gasteiger partial charge is 0.358 e. The van der Waals surface area contributed by atoms with Crippen LogP contribution in [0.25, 0.3) is 0 Å². The Hall–Kier alpha value is -3.06. The number of fused-ring (bicyclic) bond motifs is 3. The zero-order valence-corrected chi connectivity index (χ0v) is 19.1. The van der Waals surface area contributed by atoms with Gasteiger partial charge in [0.1, 0.15) is 12.6 Å². The number of hydrogen-bond acceptors (Lipinski definition) is 4. The van der Waals surface area contributed by atoms with E-state index in [1.165, 1.54) is 9.80 Å². The molecule has 0 aliphatic carbocycles. The summed E-state index contributed by atoms with van der Waals surface area (Å²) in [6.45, 7) is 0.958. The lowest BCUT2D eigenvalue weighted by Gasteiger charge is -2.45. The molecule has 2 aliphatic rings. The number of piperidine rings is 1. The van der Waals surface area contributed by atoms with Gasteiger partial charge in [-0.15, -0.1) is 0 Å². The quantitative estimate of drug-likeness (QED) is 0.753. The van der Waals surface area contributed by atoms with Crippen LogP contribution >= 0.6 is 11.6 Å². The summed E-state index contributed by atoms with van der Waals surface area (Å²) in [6.07, 6.45) is 2.75. The van der Waals surface area contributed by atoms with E-state index in [9.17, 15) is 14.4 Å². The van der Waals surface area contributed by atoms with Gasteiger partial charge in [-0.25, -0.2) is 0 Å². The molecule has 3 amide bonds. The molecule has 2 heterocycles. The van der Waals surface area contributed by atoms with Gasteiger partial charge in [0.25, 0.3) is 5.91 Å². The standard InChI is InChI=1S/C24H27ClN4O3/c1-27(2)23(31)16-10-11-19-21(13-16)29(24(32)20-9-5-6-12-28(19)20)15-22(30)26-14-17-7-3-4-8-18(17)25/h3-4,7-8,10-11,13,20H,5-6,9,12,14-15H2,1-2H3,(H,26,30). The van der Waals surface area contributed by atoms with Crippen molar-refractivity contribution in [3.63, 3.8) is 0 Å². The van der Waals surface area contributed by atoms with Crippen LogP contribution in [0.2, 0.25) is 5.02 Å². The zero-order valence-electron chi connectivity index (χ0n) is 18.3. The maximum Gasteiger partial charge on any atom is 0.253 e. The van der Waals surface area contributed by atoms with Gasteiger partial charge < -0.3 is 15.1 Å². The van der Waals surface area contributed by atoms with Crippen molar-refractivity contribution in [2.45, 2.75) is 31.8 Å². The van der Waals surface area contributed by atoms with Gasteiger partial charge >= 0.3 is 0 Å². The molecule has 1 saturated heterocycles. The molecule has 4 rings (SSSR count). The molecule has 2 aromatic carbocycles. The molecule has 0 aromatic heterocycles. The fraction of sp³-hybridized carbons (Fsp3) is 0.375. The van der Waals surface area contributed by atoms with Crippen molar-refractivity contribution in [2.24, 2.45) is 0 Å². The van der Waals surface area contributed by atoms with Crippen molar-refractivity contribution in [1.82, 2.24) is 10.2 Å². The lowest BCUT2D eigenvalue weighted by Crippen LogP contribution is -2.57. The number of halogens is 1. The summed E-state index contributed by atoms with van der Waals surface area (Å²) in [6, 6.07) is 12.4. The smallest absolute Gasteiger partial charge is 0.253 e. The Morgan fingerprint density at radius 1 is 1.12 bits per heavy atom. The lowest BCUT2D eigenvalue weighted by atomic mass is 9.95. The molecule has 1 unspecified atom stereocenters. The molecule has 0 radical (unpaired) electrons. The van der Waals surface area contributed by atoms with E-state index in [0.29, 0.717) is 16.3 Å². The molecule has 8 heteroatoms. The third-order valence-electron chi connectivity index (χ3n) is 6.02. The van der Waals surface area contributed by atoms with Crippen molar-refractivity contribution in [1.29, 1.82) is 0 Å². The van der Waals surface area contributed by atoms with E-state index < -0.39 is 0 Å². The molecular weight excluding hydrogens is 428 g/mol. The fourth-order valence-corrected chi connectivity index (χ4v) is 4.55. The summed E-state index contributed by atoms with van der Waals surface area (Å²) < 4.78 is 0. The van der Waals surface area contributed by atoms with Crippen LogP contribution in [0.15, 0.2) is 42.5 Å². The number of hydrogen-bond donors (Lipinski definition) is 1. The van der Waals surface area contributed by atoms with Gasteiger partial charge in [-0.3, -0.25) is 19.3 Å². The highest BCUT2D eigenvalue weighted by atomic mass is 35.5. The minimum atomic E-state index is -0.280. The molecule has 0 bridgehead atoms.